The maximum absolute atomic E-state index is 12.2. The molecule has 1 aromatic rings. The second-order valence-electron chi connectivity index (χ2n) is 15.9. The number of anilines is 1. The number of carbonyl (C=O) groups is 2. The van der Waals surface area contributed by atoms with E-state index in [1.54, 1.807) is 12.1 Å². The molecule has 0 aliphatic heterocycles. The van der Waals surface area contributed by atoms with Crippen LogP contribution >= 0.6 is 0 Å². The van der Waals surface area contributed by atoms with Crippen LogP contribution in [0.1, 0.15) is 127 Å². The summed E-state index contributed by atoms with van der Waals surface area (Å²) in [6.07, 6.45) is 19.5. The average molecular weight is 960 g/mol. The molecule has 0 radical (unpaired) electrons. The van der Waals surface area contributed by atoms with Crippen LogP contribution in [0.3, 0.4) is 0 Å². The molecule has 1 aromatic carbocycles. The Labute approximate surface area is 404 Å². The predicted molar refractivity (Wildman–Crippen MR) is 260 cm³/mol. The van der Waals surface area contributed by atoms with Gasteiger partial charge in [0.05, 0.1) is 151 Å². The third-order valence-electron chi connectivity index (χ3n) is 10.1. The van der Waals surface area contributed by atoms with Crippen molar-refractivity contribution in [2.45, 2.75) is 117 Å². The Morgan fingerprint density at radius 2 is 0.627 bits per heavy atom. The van der Waals surface area contributed by atoms with Crippen LogP contribution in [0.4, 0.5) is 5.69 Å². The number of rotatable bonds is 55. The molecule has 0 unspecified atom stereocenters. The lowest BCUT2D eigenvalue weighted by molar-refractivity contribution is -0.145. The lowest BCUT2D eigenvalue weighted by atomic mass is 10.0. The second-order valence-corrected chi connectivity index (χ2v) is 15.9. The van der Waals surface area contributed by atoms with E-state index in [0.29, 0.717) is 157 Å². The lowest BCUT2D eigenvalue weighted by Crippen LogP contribution is -2.16. The largest absolute Gasteiger partial charge is 0.463 e. The van der Waals surface area contributed by atoms with E-state index in [2.05, 4.69) is 19.2 Å². The number of benzene rings is 1. The van der Waals surface area contributed by atoms with Crippen LogP contribution in [0.2, 0.25) is 0 Å². The first-order valence-corrected chi connectivity index (χ1v) is 25.7. The fraction of sp³-hybridized carbons (Fsp3) is 0.843. The summed E-state index contributed by atoms with van der Waals surface area (Å²) < 4.78 is 71.1. The summed E-state index contributed by atoms with van der Waals surface area (Å²) in [5, 5.41) is 3.32. The SMILES string of the molecule is CCCCCCCCCCCCCCCC(=O)OCCOCCOCCOCCOCCOCCOCCOCCOCCOCCOCCOCCOC(=O)c1ccc(NCCCC)cc1. The van der Waals surface area contributed by atoms with E-state index in [1.807, 2.05) is 12.1 Å². The highest BCUT2D eigenvalue weighted by Crippen LogP contribution is 2.14. The van der Waals surface area contributed by atoms with Gasteiger partial charge in [0.15, 0.2) is 0 Å². The first-order valence-electron chi connectivity index (χ1n) is 25.7. The quantitative estimate of drug-likeness (QED) is 0.0489. The third kappa shape index (κ3) is 47.0. The fourth-order valence-electron chi connectivity index (χ4n) is 6.29. The van der Waals surface area contributed by atoms with Crippen molar-refractivity contribution in [1.82, 2.24) is 0 Å². The van der Waals surface area contributed by atoms with E-state index < -0.39 is 0 Å². The van der Waals surface area contributed by atoms with Crippen LogP contribution in [0.25, 0.3) is 0 Å². The van der Waals surface area contributed by atoms with E-state index in [0.717, 1.165) is 37.9 Å². The molecule has 1 N–H and O–H groups in total. The molecule has 16 heteroatoms. The molecular weight excluding hydrogens is 867 g/mol. The molecule has 67 heavy (non-hydrogen) atoms. The Kier molecular flexibility index (Phi) is 49.4. The van der Waals surface area contributed by atoms with Crippen LogP contribution in [0.15, 0.2) is 24.3 Å². The summed E-state index contributed by atoms with van der Waals surface area (Å²) in [4.78, 5) is 24.1. The third-order valence-corrected chi connectivity index (χ3v) is 10.1. The van der Waals surface area contributed by atoms with Gasteiger partial charge in [-0.25, -0.2) is 4.79 Å². The van der Waals surface area contributed by atoms with Gasteiger partial charge in [0, 0.05) is 18.7 Å². The van der Waals surface area contributed by atoms with Crippen LogP contribution < -0.4 is 5.32 Å². The first kappa shape index (κ1) is 62.5. The van der Waals surface area contributed by atoms with Crippen LogP contribution in [0, 0.1) is 0 Å². The zero-order chi connectivity index (χ0) is 48.0. The molecule has 0 fully saturated rings. The van der Waals surface area contributed by atoms with Crippen LogP contribution in [0.5, 0.6) is 0 Å². The van der Waals surface area contributed by atoms with Crippen molar-refractivity contribution in [3.63, 3.8) is 0 Å². The van der Waals surface area contributed by atoms with E-state index in [-0.39, 0.29) is 25.2 Å². The second kappa shape index (κ2) is 52.9. The highest BCUT2D eigenvalue weighted by molar-refractivity contribution is 5.89. The zero-order valence-electron chi connectivity index (χ0n) is 41.9. The first-order chi connectivity index (χ1) is 33.2. The number of esters is 2. The van der Waals surface area contributed by atoms with Gasteiger partial charge in [0.2, 0.25) is 0 Å². The van der Waals surface area contributed by atoms with Crippen molar-refractivity contribution in [2.24, 2.45) is 0 Å². The normalized spacial score (nSPS) is 11.4. The standard InChI is InChI=1S/C51H93NO15/c1-3-5-7-8-9-10-11-12-13-14-15-16-17-18-50(53)66-46-44-64-42-40-62-38-36-60-34-32-58-30-28-56-26-24-55-25-27-57-29-31-59-33-35-61-37-39-63-41-43-65-45-47-67-51(54)48-19-21-49(22-20-48)52-23-6-4-2/h19-22,52H,3-18,23-47H2,1-2H3. The Hall–Kier alpha value is -2.48. The van der Waals surface area contributed by atoms with Gasteiger partial charge in [-0.3, -0.25) is 4.79 Å². The van der Waals surface area contributed by atoms with Gasteiger partial charge in [-0.2, -0.15) is 0 Å². The summed E-state index contributed by atoms with van der Waals surface area (Å²) in [7, 11) is 0. The highest BCUT2D eigenvalue weighted by Gasteiger charge is 2.07. The van der Waals surface area contributed by atoms with Crippen molar-refractivity contribution in [3.8, 4) is 0 Å². The highest BCUT2D eigenvalue weighted by atomic mass is 16.6. The van der Waals surface area contributed by atoms with Gasteiger partial charge in [0.25, 0.3) is 0 Å². The number of unbranched alkanes of at least 4 members (excludes halogenated alkanes) is 13. The minimum atomic E-state index is -0.364. The fourth-order valence-corrected chi connectivity index (χ4v) is 6.29. The summed E-state index contributed by atoms with van der Waals surface area (Å²) in [5.74, 6) is -0.501. The molecule has 0 bridgehead atoms. The zero-order valence-corrected chi connectivity index (χ0v) is 41.9. The van der Waals surface area contributed by atoms with Crippen LogP contribution in [-0.4, -0.2) is 177 Å². The summed E-state index contributed by atoms with van der Waals surface area (Å²) in [5.41, 5.74) is 1.51. The molecule has 0 spiro atoms. The maximum atomic E-state index is 12.2. The number of carbonyl (C=O) groups excluding carboxylic acids is 2. The van der Waals surface area contributed by atoms with E-state index in [1.165, 1.54) is 70.6 Å². The maximum Gasteiger partial charge on any atom is 0.338 e. The Bertz CT molecular complexity index is 1170. The topological polar surface area (TPSA) is 166 Å². The van der Waals surface area contributed by atoms with Gasteiger partial charge in [0.1, 0.15) is 13.2 Å². The monoisotopic (exact) mass is 960 g/mol. The Morgan fingerprint density at radius 3 is 0.955 bits per heavy atom. The molecule has 1 rings (SSSR count). The van der Waals surface area contributed by atoms with Crippen molar-refractivity contribution in [1.29, 1.82) is 0 Å². The minimum absolute atomic E-state index is 0.137. The van der Waals surface area contributed by atoms with Gasteiger partial charge in [-0.05, 0) is 37.1 Å². The Morgan fingerprint density at radius 1 is 0.343 bits per heavy atom. The van der Waals surface area contributed by atoms with Gasteiger partial charge in [-0.1, -0.05) is 97.3 Å². The van der Waals surface area contributed by atoms with Crippen molar-refractivity contribution in [3.05, 3.63) is 29.8 Å². The molecule has 0 atom stereocenters. The molecule has 0 aliphatic rings. The molecule has 0 aromatic heterocycles. The average Bonchev–Trinajstić information content (AvgIpc) is 3.34. The van der Waals surface area contributed by atoms with Crippen molar-refractivity contribution in [2.75, 3.05) is 170 Å². The van der Waals surface area contributed by atoms with Crippen molar-refractivity contribution >= 4 is 17.6 Å². The van der Waals surface area contributed by atoms with Gasteiger partial charge >= 0.3 is 11.9 Å². The summed E-state index contributed by atoms with van der Waals surface area (Å²) in [6.45, 7) is 15.9. The van der Waals surface area contributed by atoms with E-state index in [9.17, 15) is 9.59 Å². The predicted octanol–water partition coefficient (Wildman–Crippen LogP) is 8.26. The number of ether oxygens (including phenoxy) is 13. The molecule has 0 heterocycles. The summed E-state index contributed by atoms with van der Waals surface area (Å²) in [6, 6.07) is 7.29. The van der Waals surface area contributed by atoms with Gasteiger partial charge in [-0.15, -0.1) is 0 Å². The lowest BCUT2D eigenvalue weighted by Gasteiger charge is -2.09. The molecule has 16 nitrogen and oxygen atoms in total. The number of nitrogens with one attached hydrogen (secondary N) is 1. The van der Waals surface area contributed by atoms with E-state index >= 15 is 0 Å². The molecule has 0 saturated heterocycles. The molecule has 392 valence electrons. The smallest absolute Gasteiger partial charge is 0.338 e. The summed E-state index contributed by atoms with van der Waals surface area (Å²) >= 11 is 0. The number of hydrogen-bond acceptors (Lipinski definition) is 16. The van der Waals surface area contributed by atoms with Crippen LogP contribution in [-0.2, 0) is 66.4 Å². The van der Waals surface area contributed by atoms with Gasteiger partial charge < -0.3 is 66.9 Å². The van der Waals surface area contributed by atoms with E-state index in [4.69, 9.17) is 61.6 Å². The molecule has 0 aliphatic carbocycles. The van der Waals surface area contributed by atoms with Crippen molar-refractivity contribution < 1.29 is 71.2 Å². The Balaban J connectivity index is 1.66. The molecule has 0 amide bonds. The number of hydrogen-bond donors (Lipinski definition) is 1. The minimum Gasteiger partial charge on any atom is -0.463 e. The molecular formula is C51H93NO15. The molecule has 0 saturated carbocycles.